The zero-order valence-electron chi connectivity index (χ0n) is 9.44. The van der Waals surface area contributed by atoms with Gasteiger partial charge in [-0.3, -0.25) is 0 Å². The molecule has 1 aliphatic rings. The lowest BCUT2D eigenvalue weighted by Gasteiger charge is -2.40. The normalized spacial score (nSPS) is 21.8. The van der Waals surface area contributed by atoms with Crippen LogP contribution in [0.5, 0.6) is 0 Å². The summed E-state index contributed by atoms with van der Waals surface area (Å²) >= 11 is 0. The standard InChI is InChI=1S/C11H23BO/c1-10(2)11(9-13-12-3)7-5-4-6-8-11/h10,12H,4-9H2,1-3H3. The minimum atomic E-state index is 0.508. The van der Waals surface area contributed by atoms with Crippen LogP contribution in [0.25, 0.3) is 0 Å². The van der Waals surface area contributed by atoms with E-state index in [1.54, 1.807) is 0 Å². The van der Waals surface area contributed by atoms with Crippen LogP contribution in [0.2, 0.25) is 6.82 Å². The molecule has 0 bridgehead atoms. The topological polar surface area (TPSA) is 9.23 Å². The van der Waals surface area contributed by atoms with Crippen molar-refractivity contribution in [2.75, 3.05) is 6.61 Å². The van der Waals surface area contributed by atoms with Crippen LogP contribution in [-0.2, 0) is 4.65 Å². The van der Waals surface area contributed by atoms with Crippen LogP contribution in [-0.4, -0.2) is 14.1 Å². The summed E-state index contributed by atoms with van der Waals surface area (Å²) in [6.07, 6.45) is 7.01. The van der Waals surface area contributed by atoms with Gasteiger partial charge in [-0.15, -0.1) is 0 Å². The second-order valence-corrected chi connectivity index (χ2v) is 4.71. The zero-order valence-corrected chi connectivity index (χ0v) is 9.44. The summed E-state index contributed by atoms with van der Waals surface area (Å²) in [5.74, 6) is 0.777. The zero-order chi connectivity index (χ0) is 9.73. The molecule has 0 aromatic rings. The molecule has 0 N–H and O–H groups in total. The van der Waals surface area contributed by atoms with Crippen LogP contribution in [0.1, 0.15) is 46.0 Å². The molecule has 0 aromatic carbocycles. The molecule has 1 saturated carbocycles. The summed E-state index contributed by atoms with van der Waals surface area (Å²) < 4.78 is 5.64. The van der Waals surface area contributed by atoms with E-state index < -0.39 is 0 Å². The summed E-state index contributed by atoms with van der Waals surface area (Å²) in [6, 6.07) is 0. The molecule has 1 fully saturated rings. The fourth-order valence-corrected chi connectivity index (χ4v) is 2.45. The first-order valence-electron chi connectivity index (χ1n) is 5.79. The Balaban J connectivity index is 2.51. The summed E-state index contributed by atoms with van der Waals surface area (Å²) in [6.45, 7) is 7.78. The Kier molecular flexibility index (Phi) is 4.31. The Morgan fingerprint density at radius 1 is 1.23 bits per heavy atom. The van der Waals surface area contributed by atoms with E-state index in [4.69, 9.17) is 4.65 Å². The van der Waals surface area contributed by atoms with Crippen molar-refractivity contribution in [3.8, 4) is 0 Å². The third-order valence-corrected chi connectivity index (χ3v) is 3.67. The number of rotatable bonds is 4. The van der Waals surface area contributed by atoms with E-state index in [0.717, 1.165) is 20.0 Å². The van der Waals surface area contributed by atoms with Crippen LogP contribution in [0.15, 0.2) is 0 Å². The molecule has 0 aliphatic heterocycles. The van der Waals surface area contributed by atoms with Crippen molar-refractivity contribution < 1.29 is 4.65 Å². The number of hydrogen-bond acceptors (Lipinski definition) is 1. The highest BCUT2D eigenvalue weighted by Gasteiger charge is 2.34. The molecule has 0 saturated heterocycles. The lowest BCUT2D eigenvalue weighted by atomic mass is 9.67. The molecule has 0 amide bonds. The van der Waals surface area contributed by atoms with Crippen LogP contribution < -0.4 is 0 Å². The highest BCUT2D eigenvalue weighted by molar-refractivity contribution is 6.24. The first-order valence-corrected chi connectivity index (χ1v) is 5.79. The van der Waals surface area contributed by atoms with Gasteiger partial charge in [0, 0.05) is 6.61 Å². The Labute approximate surface area is 83.5 Å². The molecule has 1 aliphatic carbocycles. The van der Waals surface area contributed by atoms with Crippen molar-refractivity contribution in [1.29, 1.82) is 0 Å². The van der Waals surface area contributed by atoms with Crippen LogP contribution in [0.4, 0.5) is 0 Å². The predicted octanol–water partition coefficient (Wildman–Crippen LogP) is 3.01. The highest BCUT2D eigenvalue weighted by atomic mass is 16.4. The van der Waals surface area contributed by atoms with Gasteiger partial charge in [0.15, 0.2) is 0 Å². The average Bonchev–Trinajstić information content (AvgIpc) is 2.16. The maximum atomic E-state index is 5.64. The molecule has 0 spiro atoms. The van der Waals surface area contributed by atoms with Gasteiger partial charge in [-0.05, 0) is 24.2 Å². The van der Waals surface area contributed by atoms with Gasteiger partial charge in [0.2, 0.25) is 0 Å². The molecule has 13 heavy (non-hydrogen) atoms. The van der Waals surface area contributed by atoms with Gasteiger partial charge >= 0.3 is 0 Å². The lowest BCUT2D eigenvalue weighted by Crippen LogP contribution is -2.35. The van der Waals surface area contributed by atoms with E-state index in [2.05, 4.69) is 20.7 Å². The predicted molar refractivity (Wildman–Crippen MR) is 59.3 cm³/mol. The van der Waals surface area contributed by atoms with Gasteiger partial charge in [-0.2, -0.15) is 0 Å². The fraction of sp³-hybridized carbons (Fsp3) is 1.00. The second kappa shape index (κ2) is 5.04. The Morgan fingerprint density at radius 2 is 1.85 bits per heavy atom. The molecular weight excluding hydrogens is 159 g/mol. The van der Waals surface area contributed by atoms with Gasteiger partial charge in [0.1, 0.15) is 0 Å². The summed E-state index contributed by atoms with van der Waals surface area (Å²) in [5, 5.41) is 0. The van der Waals surface area contributed by atoms with Crippen molar-refractivity contribution >= 4 is 7.48 Å². The Morgan fingerprint density at radius 3 is 2.31 bits per heavy atom. The highest BCUT2D eigenvalue weighted by Crippen LogP contribution is 2.42. The van der Waals surface area contributed by atoms with Crippen LogP contribution in [0.3, 0.4) is 0 Å². The summed E-state index contributed by atoms with van der Waals surface area (Å²) in [5.41, 5.74) is 0.508. The van der Waals surface area contributed by atoms with Crippen molar-refractivity contribution in [1.82, 2.24) is 0 Å². The molecule has 2 heteroatoms. The van der Waals surface area contributed by atoms with E-state index in [-0.39, 0.29) is 0 Å². The molecule has 0 radical (unpaired) electrons. The summed E-state index contributed by atoms with van der Waals surface area (Å²) in [7, 11) is 0.870. The maximum Gasteiger partial charge on any atom is 0.271 e. The molecule has 76 valence electrons. The van der Waals surface area contributed by atoms with Crippen molar-refractivity contribution in [2.45, 2.75) is 52.8 Å². The van der Waals surface area contributed by atoms with E-state index in [1.165, 1.54) is 32.1 Å². The lowest BCUT2D eigenvalue weighted by molar-refractivity contribution is 0.0521. The van der Waals surface area contributed by atoms with Gasteiger partial charge in [-0.25, -0.2) is 0 Å². The third kappa shape index (κ3) is 2.73. The first-order chi connectivity index (χ1) is 6.21. The first kappa shape index (κ1) is 11.1. The summed E-state index contributed by atoms with van der Waals surface area (Å²) in [4.78, 5) is 0. The fourth-order valence-electron chi connectivity index (χ4n) is 2.45. The average molecular weight is 182 g/mol. The molecule has 0 aromatic heterocycles. The smallest absolute Gasteiger partial charge is 0.271 e. The van der Waals surface area contributed by atoms with Gasteiger partial charge in [0.25, 0.3) is 7.48 Å². The molecule has 0 heterocycles. The van der Waals surface area contributed by atoms with E-state index in [1.807, 2.05) is 0 Å². The Bertz CT molecular complexity index is 139. The van der Waals surface area contributed by atoms with Crippen LogP contribution >= 0.6 is 0 Å². The minimum Gasteiger partial charge on any atom is -0.439 e. The molecule has 1 nitrogen and oxygen atoms in total. The van der Waals surface area contributed by atoms with E-state index in [0.29, 0.717) is 5.41 Å². The maximum absolute atomic E-state index is 5.64. The largest absolute Gasteiger partial charge is 0.439 e. The van der Waals surface area contributed by atoms with Crippen molar-refractivity contribution in [3.05, 3.63) is 0 Å². The molecule has 1 rings (SSSR count). The van der Waals surface area contributed by atoms with E-state index in [9.17, 15) is 0 Å². The quantitative estimate of drug-likeness (QED) is 0.607. The SMILES string of the molecule is CBOCC1(C(C)C)CCCCC1. The molecular formula is C11H23BO. The van der Waals surface area contributed by atoms with Gasteiger partial charge in [0.05, 0.1) is 0 Å². The van der Waals surface area contributed by atoms with Crippen LogP contribution in [0, 0.1) is 11.3 Å². The number of hydrogen-bond donors (Lipinski definition) is 0. The van der Waals surface area contributed by atoms with Crippen molar-refractivity contribution in [3.63, 3.8) is 0 Å². The molecule has 0 atom stereocenters. The minimum absolute atomic E-state index is 0.508. The monoisotopic (exact) mass is 182 g/mol. The second-order valence-electron chi connectivity index (χ2n) is 4.71. The van der Waals surface area contributed by atoms with E-state index >= 15 is 0 Å². The third-order valence-electron chi connectivity index (χ3n) is 3.67. The van der Waals surface area contributed by atoms with Crippen molar-refractivity contribution in [2.24, 2.45) is 11.3 Å². The molecule has 0 unspecified atom stereocenters. The van der Waals surface area contributed by atoms with Gasteiger partial charge < -0.3 is 4.65 Å². The Hall–Kier alpha value is 0.0249. The van der Waals surface area contributed by atoms with Gasteiger partial charge in [-0.1, -0.05) is 39.9 Å².